The predicted octanol–water partition coefficient (Wildman–Crippen LogP) is 3.11. The molecule has 4 nitrogen and oxygen atoms in total. The summed E-state index contributed by atoms with van der Waals surface area (Å²) in [4.78, 5) is 4.32. The lowest BCUT2D eigenvalue weighted by Crippen LogP contribution is -2.28. The van der Waals surface area contributed by atoms with Crippen molar-refractivity contribution in [3.63, 3.8) is 0 Å². The predicted molar refractivity (Wildman–Crippen MR) is 72.2 cm³/mol. The van der Waals surface area contributed by atoms with Crippen LogP contribution in [0.5, 0.6) is 0 Å². The van der Waals surface area contributed by atoms with Gasteiger partial charge in [0.1, 0.15) is 5.82 Å². The topological polar surface area (TPSA) is 51.0 Å². The van der Waals surface area contributed by atoms with Crippen LogP contribution in [-0.2, 0) is 0 Å². The SMILES string of the molecule is Fc1cc(Br)ccc1-c1nc(C2CCCNC2)no1. The van der Waals surface area contributed by atoms with Gasteiger partial charge in [0, 0.05) is 16.9 Å². The normalized spacial score (nSPS) is 19.6. The van der Waals surface area contributed by atoms with Crippen molar-refractivity contribution in [1.29, 1.82) is 0 Å². The summed E-state index contributed by atoms with van der Waals surface area (Å²) < 4.78 is 19.7. The van der Waals surface area contributed by atoms with Crippen molar-refractivity contribution in [1.82, 2.24) is 15.5 Å². The van der Waals surface area contributed by atoms with Crippen molar-refractivity contribution in [2.45, 2.75) is 18.8 Å². The van der Waals surface area contributed by atoms with E-state index in [-0.39, 0.29) is 17.6 Å². The largest absolute Gasteiger partial charge is 0.334 e. The highest BCUT2D eigenvalue weighted by molar-refractivity contribution is 9.10. The molecule has 1 aliphatic heterocycles. The molecule has 2 aromatic rings. The monoisotopic (exact) mass is 325 g/mol. The van der Waals surface area contributed by atoms with E-state index in [1.807, 2.05) is 0 Å². The molecule has 0 bridgehead atoms. The van der Waals surface area contributed by atoms with Crippen molar-refractivity contribution in [3.8, 4) is 11.5 Å². The van der Waals surface area contributed by atoms with Crippen molar-refractivity contribution in [3.05, 3.63) is 34.3 Å². The second kappa shape index (κ2) is 5.38. The van der Waals surface area contributed by atoms with E-state index in [2.05, 4.69) is 31.4 Å². The fourth-order valence-electron chi connectivity index (χ4n) is 2.25. The molecule has 1 fully saturated rings. The van der Waals surface area contributed by atoms with E-state index in [0.29, 0.717) is 15.9 Å². The van der Waals surface area contributed by atoms with Crippen molar-refractivity contribution >= 4 is 15.9 Å². The second-order valence-corrected chi connectivity index (χ2v) is 5.54. The minimum Gasteiger partial charge on any atom is -0.334 e. The zero-order chi connectivity index (χ0) is 13.2. The van der Waals surface area contributed by atoms with Crippen LogP contribution >= 0.6 is 15.9 Å². The first-order valence-corrected chi connectivity index (χ1v) is 7.03. The van der Waals surface area contributed by atoms with E-state index in [9.17, 15) is 4.39 Å². The standard InChI is InChI=1S/C13H13BrFN3O/c14-9-3-4-10(11(15)6-9)13-17-12(18-19-13)8-2-1-5-16-7-8/h3-4,6,8,16H,1-2,5,7H2. The number of halogens is 2. The highest BCUT2D eigenvalue weighted by Gasteiger charge is 2.22. The highest BCUT2D eigenvalue weighted by atomic mass is 79.9. The van der Waals surface area contributed by atoms with Gasteiger partial charge < -0.3 is 9.84 Å². The van der Waals surface area contributed by atoms with Gasteiger partial charge in [-0.2, -0.15) is 4.98 Å². The van der Waals surface area contributed by atoms with Gasteiger partial charge in [0.15, 0.2) is 5.82 Å². The molecule has 1 aromatic carbocycles. The van der Waals surface area contributed by atoms with Crippen LogP contribution < -0.4 is 5.32 Å². The van der Waals surface area contributed by atoms with Crippen molar-refractivity contribution in [2.75, 3.05) is 13.1 Å². The summed E-state index contributed by atoms with van der Waals surface area (Å²) in [6.07, 6.45) is 2.13. The van der Waals surface area contributed by atoms with E-state index in [1.165, 1.54) is 6.07 Å². The Balaban J connectivity index is 1.87. The molecule has 1 saturated heterocycles. The number of aromatic nitrogens is 2. The number of hydrogen-bond donors (Lipinski definition) is 1. The third-order valence-corrected chi connectivity index (χ3v) is 3.76. The summed E-state index contributed by atoms with van der Waals surface area (Å²) >= 11 is 3.22. The number of hydrogen-bond acceptors (Lipinski definition) is 4. The Labute approximate surface area is 118 Å². The minimum atomic E-state index is -0.369. The van der Waals surface area contributed by atoms with Crippen LogP contribution in [0, 0.1) is 5.82 Å². The molecule has 0 spiro atoms. The smallest absolute Gasteiger partial charge is 0.260 e. The van der Waals surface area contributed by atoms with Crippen LogP contribution in [0.4, 0.5) is 4.39 Å². The average Bonchev–Trinajstić information content (AvgIpc) is 2.89. The molecule has 0 aliphatic carbocycles. The lowest BCUT2D eigenvalue weighted by Gasteiger charge is -2.19. The summed E-state index contributed by atoms with van der Waals surface area (Å²) in [5, 5.41) is 7.27. The van der Waals surface area contributed by atoms with E-state index >= 15 is 0 Å². The average molecular weight is 326 g/mol. The maximum absolute atomic E-state index is 13.8. The first-order valence-electron chi connectivity index (χ1n) is 6.24. The van der Waals surface area contributed by atoms with Crippen LogP contribution in [0.3, 0.4) is 0 Å². The molecule has 1 unspecified atom stereocenters. The number of nitrogens with zero attached hydrogens (tertiary/aromatic N) is 2. The Morgan fingerprint density at radius 1 is 1.42 bits per heavy atom. The van der Waals surface area contributed by atoms with Gasteiger partial charge in [-0.25, -0.2) is 4.39 Å². The third-order valence-electron chi connectivity index (χ3n) is 3.27. The molecule has 0 radical (unpaired) electrons. The molecule has 0 amide bonds. The maximum Gasteiger partial charge on any atom is 0.260 e. The first-order chi connectivity index (χ1) is 9.24. The molecule has 1 N–H and O–H groups in total. The van der Waals surface area contributed by atoms with E-state index in [0.717, 1.165) is 25.9 Å². The van der Waals surface area contributed by atoms with Crippen LogP contribution in [-0.4, -0.2) is 23.2 Å². The fourth-order valence-corrected chi connectivity index (χ4v) is 2.58. The lowest BCUT2D eigenvalue weighted by atomic mass is 9.99. The van der Waals surface area contributed by atoms with Gasteiger partial charge in [-0.1, -0.05) is 21.1 Å². The minimum absolute atomic E-state index is 0.241. The second-order valence-electron chi connectivity index (χ2n) is 4.63. The molecule has 2 heterocycles. The summed E-state index contributed by atoms with van der Waals surface area (Å²) in [6, 6.07) is 4.78. The Hall–Kier alpha value is -1.27. The van der Waals surface area contributed by atoms with Crippen LogP contribution in [0.2, 0.25) is 0 Å². The molecular formula is C13H13BrFN3O. The number of piperidine rings is 1. The quantitative estimate of drug-likeness (QED) is 0.921. The lowest BCUT2D eigenvalue weighted by molar-refractivity contribution is 0.392. The Kier molecular flexibility index (Phi) is 3.61. The summed E-state index contributed by atoms with van der Waals surface area (Å²) in [5.41, 5.74) is 0.339. The molecule has 1 aliphatic rings. The van der Waals surface area contributed by atoms with Gasteiger partial charge >= 0.3 is 0 Å². The molecular weight excluding hydrogens is 313 g/mol. The number of rotatable bonds is 2. The van der Waals surface area contributed by atoms with E-state index in [4.69, 9.17) is 4.52 Å². The Morgan fingerprint density at radius 2 is 2.32 bits per heavy atom. The van der Waals surface area contributed by atoms with E-state index < -0.39 is 0 Å². The van der Waals surface area contributed by atoms with Crippen molar-refractivity contribution in [2.24, 2.45) is 0 Å². The zero-order valence-corrected chi connectivity index (χ0v) is 11.8. The molecule has 0 saturated carbocycles. The van der Waals surface area contributed by atoms with Crippen LogP contribution in [0.1, 0.15) is 24.6 Å². The van der Waals surface area contributed by atoms with Gasteiger partial charge in [-0.3, -0.25) is 0 Å². The maximum atomic E-state index is 13.8. The van der Waals surface area contributed by atoms with Gasteiger partial charge in [0.25, 0.3) is 5.89 Å². The van der Waals surface area contributed by atoms with Crippen LogP contribution in [0.15, 0.2) is 27.2 Å². The Morgan fingerprint density at radius 3 is 3.05 bits per heavy atom. The number of benzene rings is 1. The molecule has 1 aromatic heterocycles. The molecule has 1 atom stereocenters. The summed E-state index contributed by atoms with van der Waals surface area (Å²) in [5.74, 6) is 0.784. The molecule has 19 heavy (non-hydrogen) atoms. The van der Waals surface area contributed by atoms with Crippen molar-refractivity contribution < 1.29 is 8.91 Å². The first kappa shape index (κ1) is 12.7. The fraction of sp³-hybridized carbons (Fsp3) is 0.385. The highest BCUT2D eigenvalue weighted by Crippen LogP contribution is 2.27. The van der Waals surface area contributed by atoms with E-state index in [1.54, 1.807) is 12.1 Å². The van der Waals surface area contributed by atoms with Gasteiger partial charge in [0.2, 0.25) is 0 Å². The van der Waals surface area contributed by atoms with Crippen LogP contribution in [0.25, 0.3) is 11.5 Å². The summed E-state index contributed by atoms with van der Waals surface area (Å²) in [6.45, 7) is 1.88. The molecule has 6 heteroatoms. The zero-order valence-electron chi connectivity index (χ0n) is 10.2. The summed E-state index contributed by atoms with van der Waals surface area (Å²) in [7, 11) is 0. The number of nitrogens with one attached hydrogen (secondary N) is 1. The van der Waals surface area contributed by atoms with Gasteiger partial charge in [0.05, 0.1) is 5.56 Å². The Bertz CT molecular complexity index is 581. The van der Waals surface area contributed by atoms with Gasteiger partial charge in [-0.05, 0) is 37.6 Å². The third kappa shape index (κ3) is 2.69. The van der Waals surface area contributed by atoms with Gasteiger partial charge in [-0.15, -0.1) is 0 Å². The molecule has 3 rings (SSSR count). The molecule has 100 valence electrons.